The van der Waals surface area contributed by atoms with Crippen molar-refractivity contribution < 1.29 is 42.2 Å². The molecular weight excluding hydrogens is 458 g/mol. The lowest BCUT2D eigenvalue weighted by Crippen LogP contribution is -2.75. The van der Waals surface area contributed by atoms with Gasteiger partial charge in [0.25, 0.3) is 22.8 Å². The summed E-state index contributed by atoms with van der Waals surface area (Å²) in [7, 11) is -4.59. The number of carboxylic acid groups (broad SMARTS) is 1. The van der Waals surface area contributed by atoms with Crippen LogP contribution in [0.3, 0.4) is 0 Å². The lowest BCUT2D eigenvalue weighted by Gasteiger charge is -2.49. The molecule has 3 aliphatic heterocycles. The highest BCUT2D eigenvalue weighted by molar-refractivity contribution is 8.07. The summed E-state index contributed by atoms with van der Waals surface area (Å²) >= 11 is 0. The van der Waals surface area contributed by atoms with Gasteiger partial charge in [-0.25, -0.2) is 13.2 Å². The van der Waals surface area contributed by atoms with E-state index < -0.39 is 67.7 Å². The van der Waals surface area contributed by atoms with Crippen molar-refractivity contribution in [2.75, 3.05) is 6.54 Å². The van der Waals surface area contributed by atoms with Crippen molar-refractivity contribution in [2.24, 2.45) is 0 Å². The fourth-order valence-corrected chi connectivity index (χ4v) is 5.95. The number of amides is 3. The van der Waals surface area contributed by atoms with Crippen molar-refractivity contribution in [3.05, 3.63) is 47.2 Å². The van der Waals surface area contributed by atoms with Crippen molar-refractivity contribution in [3.63, 3.8) is 0 Å². The molecule has 2 saturated heterocycles. The topological polar surface area (TPSA) is 167 Å². The van der Waals surface area contributed by atoms with Crippen LogP contribution in [0.1, 0.15) is 30.1 Å². The summed E-state index contributed by atoms with van der Waals surface area (Å²) in [6.07, 6.45) is -2.11. The standard InChI is InChI=1S/C20H19N3O9S/c1-10-14(17(26)22-9-5-8-12(22)32-20(28)29)23-16(25)13(18(23)33(30,31)19(10)27)21-15(24)11-6-3-2-4-7-11/h2-4,6-7,12-13,18H,5,8-9H2,1H3,(H,21,24)(H,28,29). The lowest BCUT2D eigenvalue weighted by molar-refractivity contribution is -0.150. The molecule has 0 bridgehead atoms. The first-order valence-corrected chi connectivity index (χ1v) is 11.5. The van der Waals surface area contributed by atoms with Crippen LogP contribution in [-0.4, -0.2) is 76.5 Å². The lowest BCUT2D eigenvalue weighted by atomic mass is 10.0. The van der Waals surface area contributed by atoms with Crippen LogP contribution in [0.15, 0.2) is 41.6 Å². The molecule has 1 aromatic carbocycles. The number of likely N-dealkylation sites (tertiary alicyclic amines) is 1. The van der Waals surface area contributed by atoms with Crippen molar-refractivity contribution in [3.8, 4) is 0 Å². The maximum Gasteiger partial charge on any atom is 0.507 e. The molecule has 0 aliphatic carbocycles. The number of β-lactam (4-membered cyclic amide) rings is 1. The van der Waals surface area contributed by atoms with Crippen LogP contribution in [0.25, 0.3) is 0 Å². The number of ether oxygens (including phenoxy) is 1. The predicted molar refractivity (Wildman–Crippen MR) is 109 cm³/mol. The van der Waals surface area contributed by atoms with E-state index in [-0.39, 0.29) is 18.5 Å². The maximum absolute atomic E-state index is 13.2. The summed E-state index contributed by atoms with van der Waals surface area (Å²) in [6.45, 7) is 1.20. The van der Waals surface area contributed by atoms with Gasteiger partial charge >= 0.3 is 6.16 Å². The van der Waals surface area contributed by atoms with Crippen LogP contribution >= 0.6 is 0 Å². The van der Waals surface area contributed by atoms with Gasteiger partial charge in [0, 0.05) is 24.1 Å². The van der Waals surface area contributed by atoms with E-state index in [2.05, 4.69) is 5.32 Å². The Labute approximate surface area is 187 Å². The predicted octanol–water partition coefficient (Wildman–Crippen LogP) is -0.175. The minimum Gasteiger partial charge on any atom is -0.450 e. The molecule has 2 fully saturated rings. The summed E-state index contributed by atoms with van der Waals surface area (Å²) in [5, 5.41) is 8.10. The van der Waals surface area contributed by atoms with E-state index in [1.54, 1.807) is 18.2 Å². The number of hydrogen-bond donors (Lipinski definition) is 2. The van der Waals surface area contributed by atoms with Gasteiger partial charge in [0.05, 0.1) is 0 Å². The Morgan fingerprint density at radius 1 is 1.15 bits per heavy atom. The molecule has 2 N–H and O–H groups in total. The molecule has 0 spiro atoms. The van der Waals surface area contributed by atoms with Gasteiger partial charge in [-0.3, -0.25) is 24.1 Å². The molecule has 3 amide bonds. The summed E-state index contributed by atoms with van der Waals surface area (Å²) in [4.78, 5) is 63.9. The monoisotopic (exact) mass is 477 g/mol. The first kappa shape index (κ1) is 22.5. The van der Waals surface area contributed by atoms with Gasteiger partial charge in [0.1, 0.15) is 11.7 Å². The number of carbonyl (C=O) groups is 5. The number of nitrogens with zero attached hydrogens (tertiary/aromatic N) is 2. The van der Waals surface area contributed by atoms with E-state index in [4.69, 9.17) is 9.84 Å². The number of sulfone groups is 1. The number of carbonyl (C=O) groups excluding carboxylic acids is 4. The smallest absolute Gasteiger partial charge is 0.450 e. The van der Waals surface area contributed by atoms with E-state index in [0.717, 1.165) is 11.8 Å². The Morgan fingerprint density at radius 3 is 2.45 bits per heavy atom. The van der Waals surface area contributed by atoms with E-state index in [0.29, 0.717) is 11.3 Å². The minimum atomic E-state index is -4.59. The van der Waals surface area contributed by atoms with Gasteiger partial charge in [0.15, 0.2) is 11.6 Å². The molecule has 0 radical (unpaired) electrons. The van der Waals surface area contributed by atoms with Crippen LogP contribution in [-0.2, 0) is 29.0 Å². The number of fused-ring (bicyclic) bond motifs is 1. The highest BCUT2D eigenvalue weighted by Gasteiger charge is 2.63. The molecule has 4 rings (SSSR count). The van der Waals surface area contributed by atoms with Crippen LogP contribution in [0.5, 0.6) is 0 Å². The molecule has 33 heavy (non-hydrogen) atoms. The third-order valence-corrected chi connectivity index (χ3v) is 7.68. The molecule has 1 aromatic rings. The molecule has 3 aliphatic rings. The third kappa shape index (κ3) is 3.53. The van der Waals surface area contributed by atoms with Crippen molar-refractivity contribution in [2.45, 2.75) is 37.4 Å². The zero-order valence-electron chi connectivity index (χ0n) is 17.3. The quantitative estimate of drug-likeness (QED) is 0.442. The SMILES string of the molecule is CC1=C(C(=O)N2CCCC2OC(=O)O)N2C(=O)C(NC(=O)c3ccccc3)C2S(=O)(=O)C1=O. The van der Waals surface area contributed by atoms with Gasteiger partial charge in [-0.15, -0.1) is 0 Å². The molecule has 0 saturated carbocycles. The second kappa shape index (κ2) is 7.99. The Morgan fingerprint density at radius 2 is 1.82 bits per heavy atom. The Bertz CT molecular complexity index is 1210. The molecule has 3 heterocycles. The molecule has 174 valence electrons. The third-order valence-electron chi connectivity index (χ3n) is 5.74. The van der Waals surface area contributed by atoms with Gasteiger partial charge in [0.2, 0.25) is 9.84 Å². The average Bonchev–Trinajstić information content (AvgIpc) is 3.23. The Hall–Kier alpha value is -3.74. The van der Waals surface area contributed by atoms with E-state index >= 15 is 0 Å². The van der Waals surface area contributed by atoms with Gasteiger partial charge in [-0.1, -0.05) is 18.2 Å². The largest absolute Gasteiger partial charge is 0.507 e. The number of nitrogens with one attached hydrogen (secondary N) is 1. The normalized spacial score (nSPS) is 25.9. The number of benzene rings is 1. The average molecular weight is 477 g/mol. The second-order valence-electron chi connectivity index (χ2n) is 7.70. The van der Waals surface area contributed by atoms with E-state index in [1.807, 2.05) is 0 Å². The molecule has 3 atom stereocenters. The summed E-state index contributed by atoms with van der Waals surface area (Å²) in [6, 6.07) is 6.20. The van der Waals surface area contributed by atoms with Crippen molar-refractivity contribution >= 4 is 38.8 Å². The highest BCUT2D eigenvalue weighted by Crippen LogP contribution is 2.39. The zero-order chi connectivity index (χ0) is 24.1. The highest BCUT2D eigenvalue weighted by atomic mass is 32.2. The molecule has 0 aromatic heterocycles. The Kier molecular flexibility index (Phi) is 5.44. The molecular formula is C20H19N3O9S. The second-order valence-corrected chi connectivity index (χ2v) is 9.65. The van der Waals surface area contributed by atoms with Crippen LogP contribution in [0.2, 0.25) is 0 Å². The number of rotatable bonds is 4. The fraction of sp³-hybridized carbons (Fsp3) is 0.350. The summed E-state index contributed by atoms with van der Waals surface area (Å²) in [5.74, 6) is -2.49. The van der Waals surface area contributed by atoms with Crippen molar-refractivity contribution in [1.82, 2.24) is 15.1 Å². The summed E-state index contributed by atoms with van der Waals surface area (Å²) < 4.78 is 30.3. The van der Waals surface area contributed by atoms with Gasteiger partial charge in [-0.05, 0) is 25.5 Å². The zero-order valence-corrected chi connectivity index (χ0v) is 18.1. The van der Waals surface area contributed by atoms with Crippen LogP contribution in [0.4, 0.5) is 4.79 Å². The van der Waals surface area contributed by atoms with E-state index in [1.165, 1.54) is 12.1 Å². The van der Waals surface area contributed by atoms with Crippen LogP contribution in [0, 0.1) is 0 Å². The maximum atomic E-state index is 13.2. The van der Waals surface area contributed by atoms with Gasteiger partial charge < -0.3 is 20.1 Å². The Balaban J connectivity index is 1.66. The van der Waals surface area contributed by atoms with Crippen molar-refractivity contribution in [1.29, 1.82) is 0 Å². The first-order chi connectivity index (χ1) is 15.6. The fourth-order valence-electron chi connectivity index (χ4n) is 4.17. The van der Waals surface area contributed by atoms with Crippen LogP contribution < -0.4 is 5.32 Å². The van der Waals surface area contributed by atoms with E-state index in [9.17, 15) is 32.4 Å². The van der Waals surface area contributed by atoms with Gasteiger partial charge in [-0.2, -0.15) is 0 Å². The molecule has 3 unspecified atom stereocenters. The number of hydrogen-bond acceptors (Lipinski definition) is 8. The molecule has 13 heteroatoms. The first-order valence-electron chi connectivity index (χ1n) is 9.94. The minimum absolute atomic E-state index is 0.0926. The summed E-state index contributed by atoms with van der Waals surface area (Å²) in [5.41, 5.74) is -0.744. The molecule has 12 nitrogen and oxygen atoms in total.